The van der Waals surface area contributed by atoms with Crippen LogP contribution in [0.2, 0.25) is 0 Å². The van der Waals surface area contributed by atoms with E-state index in [0.29, 0.717) is 28.2 Å². The van der Waals surface area contributed by atoms with E-state index in [1.807, 2.05) is 19.9 Å². The van der Waals surface area contributed by atoms with Crippen LogP contribution < -0.4 is 0 Å². The van der Waals surface area contributed by atoms with Crippen LogP contribution >= 0.6 is 0 Å². The Labute approximate surface area is 173 Å². The number of hydrogen-bond acceptors (Lipinski definition) is 5. The number of carbonyl (C=O) groups excluding carboxylic acids is 2. The molecule has 7 nitrogen and oxygen atoms in total. The third-order valence-electron chi connectivity index (χ3n) is 5.05. The normalized spacial score (nSPS) is 15.9. The molecule has 0 radical (unpaired) electrons. The number of nitriles is 1. The van der Waals surface area contributed by atoms with Gasteiger partial charge in [0, 0.05) is 18.2 Å². The molecule has 7 heteroatoms. The van der Waals surface area contributed by atoms with E-state index in [4.69, 9.17) is 4.42 Å². The number of imide groups is 1. The summed E-state index contributed by atoms with van der Waals surface area (Å²) in [7, 11) is 1.33. The molecule has 152 valence electrons. The maximum Gasteiger partial charge on any atom is 0.335 e. The highest BCUT2D eigenvalue weighted by Gasteiger charge is 2.33. The monoisotopic (exact) mass is 404 g/mol. The fourth-order valence-corrected chi connectivity index (χ4v) is 3.31. The molecule has 0 atom stereocenters. The van der Waals surface area contributed by atoms with Gasteiger partial charge in [0.05, 0.1) is 5.56 Å². The Hall–Kier alpha value is -3.92. The molecule has 30 heavy (non-hydrogen) atoms. The van der Waals surface area contributed by atoms with Gasteiger partial charge >= 0.3 is 5.97 Å². The first-order chi connectivity index (χ1) is 14.1. The molecular formula is C23H20N2O5. The van der Waals surface area contributed by atoms with E-state index < -0.39 is 17.8 Å². The first kappa shape index (κ1) is 20.8. The lowest BCUT2D eigenvalue weighted by molar-refractivity contribution is -0.138. The van der Waals surface area contributed by atoms with Gasteiger partial charge < -0.3 is 9.52 Å². The Kier molecular flexibility index (Phi) is 5.43. The lowest BCUT2D eigenvalue weighted by Gasteiger charge is -2.23. The molecule has 1 aromatic heterocycles. The van der Waals surface area contributed by atoms with Crippen LogP contribution in [0.4, 0.5) is 0 Å². The third-order valence-corrected chi connectivity index (χ3v) is 5.05. The van der Waals surface area contributed by atoms with Crippen LogP contribution in [0.3, 0.4) is 0 Å². The quantitative estimate of drug-likeness (QED) is 0.609. The molecule has 0 spiro atoms. The number of carboxylic acid groups (broad SMARTS) is 1. The average Bonchev–Trinajstić information content (AvgIpc) is 3.18. The van der Waals surface area contributed by atoms with E-state index in [1.54, 1.807) is 37.3 Å². The minimum Gasteiger partial charge on any atom is -0.478 e. The Morgan fingerprint density at radius 1 is 1.20 bits per heavy atom. The standard InChI is InChI=1S/C23H20N2O5/c1-12(2)17-9-14(5-7-16(17)23(28)29)20-8-6-15(30-20)10-18-13(3)19(11-24)22(27)25(4)21(18)26/h5-10,12H,1-4H3,(H,28,29)/b18-10-. The summed E-state index contributed by atoms with van der Waals surface area (Å²) in [6.07, 6.45) is 1.50. The number of amides is 2. The molecule has 3 rings (SSSR count). The number of carbonyl (C=O) groups is 3. The molecule has 0 fully saturated rings. The number of rotatable bonds is 4. The highest BCUT2D eigenvalue weighted by atomic mass is 16.4. The zero-order valence-corrected chi connectivity index (χ0v) is 17.0. The zero-order valence-electron chi connectivity index (χ0n) is 17.0. The van der Waals surface area contributed by atoms with E-state index in [9.17, 15) is 24.8 Å². The Morgan fingerprint density at radius 2 is 1.90 bits per heavy atom. The summed E-state index contributed by atoms with van der Waals surface area (Å²) in [6.45, 7) is 5.38. The second-order valence-electron chi connectivity index (χ2n) is 7.30. The van der Waals surface area contributed by atoms with E-state index in [2.05, 4.69) is 0 Å². The van der Waals surface area contributed by atoms with Gasteiger partial charge in [0.15, 0.2) is 0 Å². The molecular weight excluding hydrogens is 384 g/mol. The summed E-state index contributed by atoms with van der Waals surface area (Å²) in [5.41, 5.74) is 2.07. The van der Waals surface area contributed by atoms with Crippen molar-refractivity contribution in [2.45, 2.75) is 26.7 Å². The van der Waals surface area contributed by atoms with Gasteiger partial charge in [-0.2, -0.15) is 5.26 Å². The summed E-state index contributed by atoms with van der Waals surface area (Å²) < 4.78 is 5.85. The summed E-state index contributed by atoms with van der Waals surface area (Å²) in [5.74, 6) is -1.23. The summed E-state index contributed by atoms with van der Waals surface area (Å²) in [6, 6.07) is 10.2. The fourth-order valence-electron chi connectivity index (χ4n) is 3.31. The molecule has 1 aromatic carbocycles. The Bertz CT molecular complexity index is 1170. The Morgan fingerprint density at radius 3 is 2.50 bits per heavy atom. The molecule has 1 N–H and O–H groups in total. The zero-order chi connectivity index (χ0) is 22.2. The first-order valence-corrected chi connectivity index (χ1v) is 9.28. The fraction of sp³-hybridized carbons (Fsp3) is 0.217. The molecule has 0 aliphatic carbocycles. The number of nitrogens with zero attached hydrogens (tertiary/aromatic N) is 2. The number of carboxylic acids is 1. The number of furan rings is 1. The second-order valence-corrected chi connectivity index (χ2v) is 7.30. The van der Waals surface area contributed by atoms with Crippen molar-refractivity contribution >= 4 is 23.9 Å². The Balaban J connectivity index is 2.03. The lowest BCUT2D eigenvalue weighted by atomic mass is 9.94. The van der Waals surface area contributed by atoms with Gasteiger partial charge in [-0.3, -0.25) is 14.5 Å². The summed E-state index contributed by atoms with van der Waals surface area (Å²) in [4.78, 5) is 36.9. The van der Waals surface area contributed by atoms with Crippen molar-refractivity contribution in [3.8, 4) is 17.4 Å². The molecule has 0 saturated carbocycles. The molecule has 2 aromatic rings. The molecule has 1 aliphatic heterocycles. The number of aromatic carboxylic acids is 1. The molecule has 1 aliphatic rings. The van der Waals surface area contributed by atoms with Crippen LogP contribution in [0.25, 0.3) is 17.4 Å². The predicted octanol–water partition coefficient (Wildman–Crippen LogP) is 3.99. The summed E-state index contributed by atoms with van der Waals surface area (Å²) in [5, 5.41) is 18.6. The first-order valence-electron chi connectivity index (χ1n) is 9.28. The van der Waals surface area contributed by atoms with Crippen molar-refractivity contribution in [3.63, 3.8) is 0 Å². The van der Waals surface area contributed by atoms with Gasteiger partial charge in [-0.15, -0.1) is 0 Å². The average molecular weight is 404 g/mol. The van der Waals surface area contributed by atoms with Gasteiger partial charge in [0.25, 0.3) is 11.8 Å². The van der Waals surface area contributed by atoms with Crippen LogP contribution in [-0.2, 0) is 9.59 Å². The van der Waals surface area contributed by atoms with Gasteiger partial charge in [-0.05, 0) is 54.3 Å². The highest BCUT2D eigenvalue weighted by molar-refractivity contribution is 6.19. The van der Waals surface area contributed by atoms with Gasteiger partial charge in [-0.1, -0.05) is 19.9 Å². The van der Waals surface area contributed by atoms with Crippen molar-refractivity contribution < 1.29 is 23.9 Å². The summed E-state index contributed by atoms with van der Waals surface area (Å²) >= 11 is 0. The van der Waals surface area contributed by atoms with E-state index in [-0.39, 0.29) is 22.6 Å². The number of hydrogen-bond donors (Lipinski definition) is 1. The molecule has 0 unspecified atom stereocenters. The second kappa shape index (κ2) is 7.84. The third kappa shape index (κ3) is 3.55. The molecule has 0 bridgehead atoms. The largest absolute Gasteiger partial charge is 0.478 e. The van der Waals surface area contributed by atoms with E-state index in [0.717, 1.165) is 4.90 Å². The smallest absolute Gasteiger partial charge is 0.335 e. The molecule has 0 saturated heterocycles. The molecule has 2 amide bonds. The van der Waals surface area contributed by atoms with Crippen LogP contribution in [0.15, 0.2) is 51.5 Å². The van der Waals surface area contributed by atoms with Crippen molar-refractivity contribution in [1.82, 2.24) is 4.90 Å². The van der Waals surface area contributed by atoms with Gasteiger partial charge in [0.2, 0.25) is 0 Å². The van der Waals surface area contributed by atoms with Crippen LogP contribution in [0.5, 0.6) is 0 Å². The maximum absolute atomic E-state index is 12.5. The lowest BCUT2D eigenvalue weighted by Crippen LogP contribution is -2.39. The SMILES string of the molecule is CC1=C(C#N)C(=O)N(C)C(=O)/C1=C\c1ccc(-c2ccc(C(=O)O)c(C(C)C)c2)o1. The number of benzene rings is 1. The predicted molar refractivity (Wildman–Crippen MR) is 109 cm³/mol. The maximum atomic E-state index is 12.5. The van der Waals surface area contributed by atoms with E-state index >= 15 is 0 Å². The topological polar surface area (TPSA) is 112 Å². The number of likely N-dealkylation sites (N-methyl/N-ethyl adjacent to an activating group) is 1. The van der Waals surface area contributed by atoms with Crippen LogP contribution in [-0.4, -0.2) is 34.8 Å². The molecule has 2 heterocycles. The minimum atomic E-state index is -0.986. The van der Waals surface area contributed by atoms with Gasteiger partial charge in [0.1, 0.15) is 23.2 Å². The van der Waals surface area contributed by atoms with Gasteiger partial charge in [-0.25, -0.2) is 4.79 Å². The van der Waals surface area contributed by atoms with E-state index in [1.165, 1.54) is 13.1 Å². The van der Waals surface area contributed by atoms with Crippen molar-refractivity contribution in [1.29, 1.82) is 5.26 Å². The van der Waals surface area contributed by atoms with Crippen LogP contribution in [0.1, 0.15) is 48.4 Å². The van der Waals surface area contributed by atoms with Crippen molar-refractivity contribution in [3.05, 3.63) is 63.9 Å². The van der Waals surface area contributed by atoms with Crippen molar-refractivity contribution in [2.75, 3.05) is 7.05 Å². The van der Waals surface area contributed by atoms with Crippen LogP contribution in [0, 0.1) is 11.3 Å². The minimum absolute atomic E-state index is 0.0118. The highest BCUT2D eigenvalue weighted by Crippen LogP contribution is 2.31. The van der Waals surface area contributed by atoms with Crippen molar-refractivity contribution in [2.24, 2.45) is 0 Å².